The largest absolute Gasteiger partial charge is 0.487 e. The second-order valence-electron chi connectivity index (χ2n) is 3.45. The van der Waals surface area contributed by atoms with E-state index in [1.807, 2.05) is 24.3 Å². The summed E-state index contributed by atoms with van der Waals surface area (Å²) in [6, 6.07) is 12.6. The molecule has 1 nitrogen and oxygen atoms in total. The van der Waals surface area contributed by atoms with Crippen molar-refractivity contribution < 1.29 is 4.74 Å². The highest BCUT2D eigenvalue weighted by molar-refractivity contribution is 6.35. The molecule has 0 bridgehead atoms. The fourth-order valence-electron chi connectivity index (χ4n) is 1.36. The number of ether oxygens (including phenoxy) is 1. The van der Waals surface area contributed by atoms with Crippen molar-refractivity contribution in [2.75, 3.05) is 0 Å². The maximum atomic E-state index is 6.04. The molecule has 17 heavy (non-hydrogen) atoms. The molecule has 2 rings (SSSR count). The van der Waals surface area contributed by atoms with Crippen LogP contribution in [0.25, 0.3) is 0 Å². The van der Waals surface area contributed by atoms with Gasteiger partial charge in [0.15, 0.2) is 0 Å². The lowest BCUT2D eigenvalue weighted by atomic mass is 10.2. The van der Waals surface area contributed by atoms with Gasteiger partial charge in [-0.05, 0) is 24.3 Å². The Morgan fingerprint density at radius 1 is 0.882 bits per heavy atom. The highest BCUT2D eigenvalue weighted by Crippen LogP contribution is 2.26. The van der Waals surface area contributed by atoms with Gasteiger partial charge < -0.3 is 4.74 Å². The van der Waals surface area contributed by atoms with Gasteiger partial charge in [-0.25, -0.2) is 0 Å². The van der Waals surface area contributed by atoms with Gasteiger partial charge in [-0.3, -0.25) is 0 Å². The molecule has 0 atom stereocenters. The average molecular weight is 288 g/mol. The molecule has 0 spiro atoms. The first-order chi connectivity index (χ1) is 8.16. The Labute approximate surface area is 115 Å². The Morgan fingerprint density at radius 3 is 2.35 bits per heavy atom. The molecule has 2 aromatic carbocycles. The monoisotopic (exact) mass is 286 g/mol. The van der Waals surface area contributed by atoms with Gasteiger partial charge in [-0.15, -0.1) is 0 Å². The first-order valence-corrected chi connectivity index (χ1v) is 6.11. The molecular weight excluding hydrogens is 279 g/mol. The van der Waals surface area contributed by atoms with Gasteiger partial charge in [-0.2, -0.15) is 0 Å². The van der Waals surface area contributed by atoms with E-state index in [2.05, 4.69) is 0 Å². The fourth-order valence-corrected chi connectivity index (χ4v) is 2.01. The van der Waals surface area contributed by atoms with E-state index in [1.165, 1.54) is 0 Å². The van der Waals surface area contributed by atoms with Crippen molar-refractivity contribution in [3.05, 3.63) is 63.1 Å². The Hall–Kier alpha value is -0.890. The highest BCUT2D eigenvalue weighted by Gasteiger charge is 2.04. The molecule has 0 radical (unpaired) electrons. The normalized spacial score (nSPS) is 10.3. The van der Waals surface area contributed by atoms with E-state index < -0.39 is 0 Å². The van der Waals surface area contributed by atoms with Crippen molar-refractivity contribution in [2.45, 2.75) is 6.61 Å². The molecular formula is C13H9Cl3O. The maximum absolute atomic E-state index is 6.04. The zero-order valence-corrected chi connectivity index (χ0v) is 11.1. The fraction of sp³-hybridized carbons (Fsp3) is 0.0769. The lowest BCUT2D eigenvalue weighted by Crippen LogP contribution is -1.96. The van der Waals surface area contributed by atoms with Crippen molar-refractivity contribution >= 4 is 34.8 Å². The van der Waals surface area contributed by atoms with Crippen LogP contribution in [-0.2, 0) is 6.61 Å². The minimum absolute atomic E-state index is 0.361. The zero-order valence-electron chi connectivity index (χ0n) is 8.79. The Bertz CT molecular complexity index is 526. The summed E-state index contributed by atoms with van der Waals surface area (Å²) in [5.41, 5.74) is 0.871. The average Bonchev–Trinajstić information content (AvgIpc) is 2.30. The molecule has 0 saturated carbocycles. The Kier molecular flexibility index (Phi) is 4.16. The number of halogens is 3. The minimum atomic E-state index is 0.361. The van der Waals surface area contributed by atoms with Gasteiger partial charge in [0.05, 0.1) is 5.02 Å². The first-order valence-electron chi connectivity index (χ1n) is 4.98. The number of hydrogen-bond donors (Lipinski definition) is 0. The smallest absolute Gasteiger partial charge is 0.138 e. The predicted octanol–water partition coefficient (Wildman–Crippen LogP) is 5.23. The number of benzene rings is 2. The Balaban J connectivity index is 2.10. The van der Waals surface area contributed by atoms with Crippen molar-refractivity contribution in [1.82, 2.24) is 0 Å². The van der Waals surface area contributed by atoms with Gasteiger partial charge in [0.2, 0.25) is 0 Å². The van der Waals surface area contributed by atoms with E-state index in [4.69, 9.17) is 39.5 Å². The molecule has 0 heterocycles. The third-order valence-corrected chi connectivity index (χ3v) is 3.13. The third kappa shape index (κ3) is 3.29. The van der Waals surface area contributed by atoms with Crippen molar-refractivity contribution in [1.29, 1.82) is 0 Å². The zero-order chi connectivity index (χ0) is 12.3. The summed E-state index contributed by atoms with van der Waals surface area (Å²) in [7, 11) is 0. The molecule has 0 aliphatic heterocycles. The molecule has 4 heteroatoms. The van der Waals surface area contributed by atoms with Gasteiger partial charge in [0.1, 0.15) is 12.4 Å². The lowest BCUT2D eigenvalue weighted by molar-refractivity contribution is 0.306. The quantitative estimate of drug-likeness (QED) is 0.751. The van der Waals surface area contributed by atoms with Crippen molar-refractivity contribution in [3.8, 4) is 5.75 Å². The highest BCUT2D eigenvalue weighted by atomic mass is 35.5. The topological polar surface area (TPSA) is 9.23 Å². The maximum Gasteiger partial charge on any atom is 0.138 e. The van der Waals surface area contributed by atoms with Crippen LogP contribution in [0.15, 0.2) is 42.5 Å². The van der Waals surface area contributed by atoms with Crippen LogP contribution in [0.5, 0.6) is 5.75 Å². The van der Waals surface area contributed by atoms with E-state index in [0.29, 0.717) is 27.4 Å². The van der Waals surface area contributed by atoms with E-state index in [-0.39, 0.29) is 0 Å². The van der Waals surface area contributed by atoms with E-state index >= 15 is 0 Å². The van der Waals surface area contributed by atoms with Gasteiger partial charge in [0.25, 0.3) is 0 Å². The molecule has 0 aliphatic rings. The second-order valence-corrected chi connectivity index (χ2v) is 4.71. The molecule has 0 fully saturated rings. The van der Waals surface area contributed by atoms with Crippen LogP contribution >= 0.6 is 34.8 Å². The molecule has 88 valence electrons. The molecule has 0 saturated heterocycles. The summed E-state index contributed by atoms with van der Waals surface area (Å²) in [6.45, 7) is 0.361. The molecule has 0 aromatic heterocycles. The van der Waals surface area contributed by atoms with Crippen molar-refractivity contribution in [2.24, 2.45) is 0 Å². The van der Waals surface area contributed by atoms with Gasteiger partial charge in [0, 0.05) is 15.6 Å². The van der Waals surface area contributed by atoms with E-state index in [1.54, 1.807) is 18.2 Å². The summed E-state index contributed by atoms with van der Waals surface area (Å²) in [4.78, 5) is 0. The van der Waals surface area contributed by atoms with Gasteiger partial charge in [-0.1, -0.05) is 53.0 Å². The van der Waals surface area contributed by atoms with Crippen molar-refractivity contribution in [3.63, 3.8) is 0 Å². The molecule has 0 aliphatic carbocycles. The summed E-state index contributed by atoms with van der Waals surface area (Å²) in [5.74, 6) is 0.639. The summed E-state index contributed by atoms with van der Waals surface area (Å²) < 4.78 is 5.58. The van der Waals surface area contributed by atoms with E-state index in [0.717, 1.165) is 5.56 Å². The van der Waals surface area contributed by atoms with Gasteiger partial charge >= 0.3 is 0 Å². The standard InChI is InChI=1S/C13H9Cl3O/c14-10-6-5-9(12(16)7-10)8-17-13-4-2-1-3-11(13)15/h1-7H,8H2. The summed E-state index contributed by atoms with van der Waals surface area (Å²) in [5, 5.41) is 1.78. The van der Waals surface area contributed by atoms with Crippen LogP contribution in [0.4, 0.5) is 0 Å². The Morgan fingerprint density at radius 2 is 1.65 bits per heavy atom. The molecule has 2 aromatic rings. The molecule has 0 unspecified atom stereocenters. The lowest BCUT2D eigenvalue weighted by Gasteiger charge is -2.09. The minimum Gasteiger partial charge on any atom is -0.487 e. The third-order valence-electron chi connectivity index (χ3n) is 2.23. The predicted molar refractivity (Wildman–Crippen MR) is 72.2 cm³/mol. The van der Waals surface area contributed by atoms with Crippen LogP contribution in [-0.4, -0.2) is 0 Å². The number of rotatable bonds is 3. The number of para-hydroxylation sites is 1. The van der Waals surface area contributed by atoms with E-state index in [9.17, 15) is 0 Å². The van der Waals surface area contributed by atoms with Crippen LogP contribution in [0.2, 0.25) is 15.1 Å². The molecule has 0 N–H and O–H groups in total. The van der Waals surface area contributed by atoms with Crippen LogP contribution in [0.3, 0.4) is 0 Å². The summed E-state index contributed by atoms with van der Waals surface area (Å²) in [6.07, 6.45) is 0. The van der Waals surface area contributed by atoms with Crippen LogP contribution in [0.1, 0.15) is 5.56 Å². The van der Waals surface area contributed by atoms with Crippen LogP contribution < -0.4 is 4.74 Å². The summed E-state index contributed by atoms with van der Waals surface area (Å²) >= 11 is 17.8. The SMILES string of the molecule is Clc1ccc(COc2ccccc2Cl)c(Cl)c1. The second kappa shape index (κ2) is 5.63. The first kappa shape index (κ1) is 12.6. The molecule has 0 amide bonds. The van der Waals surface area contributed by atoms with Crippen LogP contribution in [0, 0.1) is 0 Å². The number of hydrogen-bond acceptors (Lipinski definition) is 1.